The van der Waals surface area contributed by atoms with Gasteiger partial charge in [0.1, 0.15) is 23.9 Å². The van der Waals surface area contributed by atoms with E-state index in [-0.39, 0.29) is 5.91 Å². The second-order valence-electron chi connectivity index (χ2n) is 5.09. The fourth-order valence-electron chi connectivity index (χ4n) is 2.32. The van der Waals surface area contributed by atoms with Gasteiger partial charge in [-0.3, -0.25) is 9.78 Å². The Morgan fingerprint density at radius 2 is 2.04 bits per heavy atom. The van der Waals surface area contributed by atoms with E-state index in [0.717, 1.165) is 10.6 Å². The lowest BCUT2D eigenvalue weighted by molar-refractivity contribution is 0.102. The minimum atomic E-state index is -0.266. The molecule has 0 fully saturated rings. The summed E-state index contributed by atoms with van der Waals surface area (Å²) in [6.45, 7) is 1.04. The Bertz CT molecular complexity index is 880. The number of pyridine rings is 1. The summed E-state index contributed by atoms with van der Waals surface area (Å²) in [5.41, 5.74) is 1.90. The van der Waals surface area contributed by atoms with Crippen LogP contribution in [0.2, 0.25) is 0 Å². The van der Waals surface area contributed by atoms with Gasteiger partial charge in [0.15, 0.2) is 11.5 Å². The third-order valence-electron chi connectivity index (χ3n) is 3.45. The highest BCUT2D eigenvalue weighted by Crippen LogP contribution is 2.32. The lowest BCUT2D eigenvalue weighted by Gasteiger charge is -2.18. The van der Waals surface area contributed by atoms with Crippen LogP contribution in [0.3, 0.4) is 0 Å². The summed E-state index contributed by atoms with van der Waals surface area (Å²) in [5.74, 6) is 1.05. The predicted molar refractivity (Wildman–Crippen MR) is 90.7 cm³/mol. The molecule has 0 radical (unpaired) electrons. The number of carbonyl (C=O) groups is 1. The van der Waals surface area contributed by atoms with Crippen LogP contribution in [0, 0.1) is 0 Å². The normalized spacial score (nSPS) is 12.7. The number of hydrogen-bond donors (Lipinski definition) is 1. The highest BCUT2D eigenvalue weighted by Gasteiger charge is 2.15. The minimum Gasteiger partial charge on any atom is -0.486 e. The Labute approximate surface area is 142 Å². The number of rotatable bonds is 3. The van der Waals surface area contributed by atoms with Crippen LogP contribution in [0.1, 0.15) is 10.5 Å². The standard InChI is InChI=1S/C17H13N3O3S/c21-16(13-10-24-17(20-13)11-2-1-5-18-9-11)19-12-3-4-14-15(8-12)23-7-6-22-14/h1-5,8-10H,6-7H2,(H,19,21). The molecule has 7 heteroatoms. The first kappa shape index (κ1) is 14.6. The van der Waals surface area contributed by atoms with Crippen LogP contribution in [0.25, 0.3) is 10.6 Å². The molecule has 2 aromatic heterocycles. The van der Waals surface area contributed by atoms with Gasteiger partial charge in [0, 0.05) is 35.1 Å². The first-order chi connectivity index (χ1) is 11.8. The molecule has 0 saturated heterocycles. The van der Waals surface area contributed by atoms with Crippen molar-refractivity contribution in [2.24, 2.45) is 0 Å². The first-order valence-electron chi connectivity index (χ1n) is 7.36. The van der Waals surface area contributed by atoms with Crippen LogP contribution in [-0.4, -0.2) is 29.1 Å². The van der Waals surface area contributed by atoms with Gasteiger partial charge in [-0.2, -0.15) is 0 Å². The van der Waals surface area contributed by atoms with E-state index in [0.29, 0.717) is 36.1 Å². The molecule has 1 amide bonds. The quantitative estimate of drug-likeness (QED) is 0.793. The fourth-order valence-corrected chi connectivity index (χ4v) is 3.11. The Kier molecular flexibility index (Phi) is 3.84. The molecule has 120 valence electrons. The number of aromatic nitrogens is 2. The van der Waals surface area contributed by atoms with Crippen molar-refractivity contribution in [1.82, 2.24) is 9.97 Å². The Morgan fingerprint density at radius 3 is 2.88 bits per heavy atom. The lowest BCUT2D eigenvalue weighted by Crippen LogP contribution is -2.16. The average Bonchev–Trinajstić information content (AvgIpc) is 3.13. The molecular formula is C17H13N3O3S. The van der Waals surface area contributed by atoms with Crippen molar-refractivity contribution >= 4 is 22.9 Å². The molecule has 1 aromatic carbocycles. The van der Waals surface area contributed by atoms with Gasteiger partial charge >= 0.3 is 0 Å². The Morgan fingerprint density at radius 1 is 1.17 bits per heavy atom. The summed E-state index contributed by atoms with van der Waals surface area (Å²) in [7, 11) is 0. The molecule has 24 heavy (non-hydrogen) atoms. The molecule has 1 N–H and O–H groups in total. The Balaban J connectivity index is 1.51. The third kappa shape index (κ3) is 2.93. The summed E-state index contributed by atoms with van der Waals surface area (Å²) in [6, 6.07) is 9.06. The van der Waals surface area contributed by atoms with Gasteiger partial charge in [0.05, 0.1) is 0 Å². The number of fused-ring (bicyclic) bond motifs is 1. The van der Waals surface area contributed by atoms with Crippen molar-refractivity contribution in [3.63, 3.8) is 0 Å². The molecule has 0 aliphatic carbocycles. The van der Waals surface area contributed by atoms with Gasteiger partial charge in [0.2, 0.25) is 0 Å². The van der Waals surface area contributed by atoms with E-state index in [1.165, 1.54) is 11.3 Å². The highest BCUT2D eigenvalue weighted by atomic mass is 32.1. The number of carbonyl (C=O) groups excluding carboxylic acids is 1. The predicted octanol–water partition coefficient (Wildman–Crippen LogP) is 3.23. The molecule has 6 nitrogen and oxygen atoms in total. The number of amides is 1. The van der Waals surface area contributed by atoms with Crippen LogP contribution in [0.5, 0.6) is 11.5 Å². The maximum absolute atomic E-state index is 12.4. The summed E-state index contributed by atoms with van der Waals surface area (Å²) in [5, 5.41) is 5.32. The molecule has 3 aromatic rings. The zero-order valence-corrected chi connectivity index (χ0v) is 13.4. The van der Waals surface area contributed by atoms with Crippen LogP contribution in [0.4, 0.5) is 5.69 Å². The fraction of sp³-hybridized carbons (Fsp3) is 0.118. The van der Waals surface area contributed by atoms with Gasteiger partial charge in [-0.1, -0.05) is 0 Å². The van der Waals surface area contributed by atoms with Crippen LogP contribution >= 0.6 is 11.3 Å². The number of hydrogen-bond acceptors (Lipinski definition) is 6. The van der Waals surface area contributed by atoms with E-state index < -0.39 is 0 Å². The van der Waals surface area contributed by atoms with Crippen molar-refractivity contribution in [2.45, 2.75) is 0 Å². The summed E-state index contributed by atoms with van der Waals surface area (Å²) >= 11 is 1.41. The molecule has 4 rings (SSSR count). The SMILES string of the molecule is O=C(Nc1ccc2c(c1)OCCO2)c1csc(-c2cccnc2)n1. The maximum atomic E-state index is 12.4. The maximum Gasteiger partial charge on any atom is 0.275 e. The van der Waals surface area contributed by atoms with Crippen molar-refractivity contribution in [1.29, 1.82) is 0 Å². The van der Waals surface area contributed by atoms with Gasteiger partial charge in [-0.25, -0.2) is 4.98 Å². The van der Waals surface area contributed by atoms with E-state index >= 15 is 0 Å². The van der Waals surface area contributed by atoms with Gasteiger partial charge in [0.25, 0.3) is 5.91 Å². The molecule has 0 atom stereocenters. The van der Waals surface area contributed by atoms with Crippen LogP contribution in [-0.2, 0) is 0 Å². The largest absolute Gasteiger partial charge is 0.486 e. The average molecular weight is 339 g/mol. The third-order valence-corrected chi connectivity index (χ3v) is 4.34. The van der Waals surface area contributed by atoms with E-state index in [4.69, 9.17) is 9.47 Å². The van der Waals surface area contributed by atoms with Crippen molar-refractivity contribution in [3.8, 4) is 22.1 Å². The number of benzene rings is 1. The molecular weight excluding hydrogens is 326 g/mol. The zero-order chi connectivity index (χ0) is 16.4. The van der Waals surface area contributed by atoms with Crippen molar-refractivity contribution < 1.29 is 14.3 Å². The number of nitrogens with one attached hydrogen (secondary N) is 1. The number of thiazole rings is 1. The van der Waals surface area contributed by atoms with E-state index in [1.807, 2.05) is 12.1 Å². The number of ether oxygens (including phenoxy) is 2. The molecule has 0 spiro atoms. The molecule has 0 saturated carbocycles. The second kappa shape index (κ2) is 6.29. The minimum absolute atomic E-state index is 0.266. The summed E-state index contributed by atoms with van der Waals surface area (Å²) in [4.78, 5) is 20.8. The van der Waals surface area contributed by atoms with Gasteiger partial charge in [-0.05, 0) is 24.3 Å². The van der Waals surface area contributed by atoms with E-state index in [1.54, 1.807) is 36.0 Å². The lowest BCUT2D eigenvalue weighted by atomic mass is 10.2. The smallest absolute Gasteiger partial charge is 0.275 e. The van der Waals surface area contributed by atoms with Crippen LogP contribution in [0.15, 0.2) is 48.1 Å². The van der Waals surface area contributed by atoms with Crippen molar-refractivity contribution in [2.75, 3.05) is 18.5 Å². The Hall–Kier alpha value is -2.93. The molecule has 3 heterocycles. The molecule has 1 aliphatic rings. The van der Waals surface area contributed by atoms with Crippen LogP contribution < -0.4 is 14.8 Å². The van der Waals surface area contributed by atoms with Gasteiger partial charge in [-0.15, -0.1) is 11.3 Å². The van der Waals surface area contributed by atoms with E-state index in [9.17, 15) is 4.79 Å². The molecule has 0 bridgehead atoms. The first-order valence-corrected chi connectivity index (χ1v) is 8.24. The topological polar surface area (TPSA) is 73.3 Å². The highest BCUT2D eigenvalue weighted by molar-refractivity contribution is 7.13. The molecule has 0 unspecified atom stereocenters. The van der Waals surface area contributed by atoms with Crippen molar-refractivity contribution in [3.05, 3.63) is 53.8 Å². The number of anilines is 1. The second-order valence-corrected chi connectivity index (χ2v) is 5.95. The number of nitrogens with zero attached hydrogens (tertiary/aromatic N) is 2. The summed E-state index contributed by atoms with van der Waals surface area (Å²) in [6.07, 6.45) is 3.42. The van der Waals surface area contributed by atoms with E-state index in [2.05, 4.69) is 15.3 Å². The zero-order valence-electron chi connectivity index (χ0n) is 12.6. The monoisotopic (exact) mass is 339 g/mol. The summed E-state index contributed by atoms with van der Waals surface area (Å²) < 4.78 is 11.0. The molecule has 1 aliphatic heterocycles. The van der Waals surface area contributed by atoms with Gasteiger partial charge < -0.3 is 14.8 Å².